The van der Waals surface area contributed by atoms with Crippen LogP contribution >= 0.6 is 0 Å². The van der Waals surface area contributed by atoms with Crippen LogP contribution in [-0.2, 0) is 0 Å². The highest BCUT2D eigenvalue weighted by molar-refractivity contribution is 5.88. The molecule has 1 aromatic rings. The fourth-order valence-electron chi connectivity index (χ4n) is 1.04. The summed E-state index contributed by atoms with van der Waals surface area (Å²) in [6.07, 6.45) is 0. The van der Waals surface area contributed by atoms with Gasteiger partial charge in [-0.2, -0.15) is 0 Å². The second-order valence-electron chi connectivity index (χ2n) is 3.34. The standard InChI is InChI=1S/C10H13FN2O/c1-7-4-8(11)6-9(5-7)12-10(14)13(2)3/h4-6H,1-3H3,(H,12,14). The molecule has 1 aromatic carbocycles. The van der Waals surface area contributed by atoms with Crippen LogP contribution in [0.15, 0.2) is 18.2 Å². The van der Waals surface area contributed by atoms with E-state index in [0.717, 1.165) is 5.56 Å². The van der Waals surface area contributed by atoms with Crippen molar-refractivity contribution in [2.45, 2.75) is 6.92 Å². The van der Waals surface area contributed by atoms with Crippen molar-refractivity contribution in [2.75, 3.05) is 19.4 Å². The average molecular weight is 196 g/mol. The normalized spacial score (nSPS) is 9.71. The third kappa shape index (κ3) is 2.73. The molecule has 0 aromatic heterocycles. The largest absolute Gasteiger partial charge is 0.331 e. The number of rotatable bonds is 1. The van der Waals surface area contributed by atoms with Crippen molar-refractivity contribution >= 4 is 11.7 Å². The third-order valence-electron chi connectivity index (χ3n) is 1.70. The van der Waals surface area contributed by atoms with Gasteiger partial charge in [0, 0.05) is 19.8 Å². The summed E-state index contributed by atoms with van der Waals surface area (Å²) < 4.78 is 12.9. The maximum absolute atomic E-state index is 12.9. The minimum absolute atomic E-state index is 0.269. The Morgan fingerprint density at radius 2 is 2.00 bits per heavy atom. The highest BCUT2D eigenvalue weighted by Gasteiger charge is 2.04. The van der Waals surface area contributed by atoms with Gasteiger partial charge in [0.15, 0.2) is 0 Å². The van der Waals surface area contributed by atoms with Crippen LogP contribution in [0.3, 0.4) is 0 Å². The number of urea groups is 1. The monoisotopic (exact) mass is 196 g/mol. The second-order valence-corrected chi connectivity index (χ2v) is 3.34. The summed E-state index contributed by atoms with van der Waals surface area (Å²) >= 11 is 0. The van der Waals surface area contributed by atoms with E-state index in [4.69, 9.17) is 0 Å². The summed E-state index contributed by atoms with van der Waals surface area (Å²) in [5.74, 6) is -0.348. The first kappa shape index (κ1) is 10.5. The Labute approximate surface area is 82.5 Å². The van der Waals surface area contributed by atoms with E-state index in [9.17, 15) is 9.18 Å². The Kier molecular flexibility index (Phi) is 3.06. The minimum atomic E-state index is -0.348. The predicted molar refractivity (Wildman–Crippen MR) is 53.8 cm³/mol. The van der Waals surface area contributed by atoms with E-state index in [2.05, 4.69) is 5.32 Å². The fraction of sp³-hybridized carbons (Fsp3) is 0.300. The van der Waals surface area contributed by atoms with Crippen LogP contribution in [-0.4, -0.2) is 25.0 Å². The van der Waals surface area contributed by atoms with Gasteiger partial charge in [-0.05, 0) is 30.7 Å². The summed E-state index contributed by atoms with van der Waals surface area (Å²) in [5, 5.41) is 2.57. The van der Waals surface area contributed by atoms with E-state index in [1.54, 1.807) is 27.1 Å². The number of aryl methyl sites for hydroxylation is 1. The molecule has 0 spiro atoms. The minimum Gasteiger partial charge on any atom is -0.331 e. The Balaban J connectivity index is 2.82. The number of carbonyl (C=O) groups excluding carboxylic acids is 1. The summed E-state index contributed by atoms with van der Waals surface area (Å²) in [7, 11) is 3.25. The van der Waals surface area contributed by atoms with Crippen LogP contribution in [0.4, 0.5) is 14.9 Å². The molecule has 4 heteroatoms. The molecule has 0 radical (unpaired) electrons. The SMILES string of the molecule is Cc1cc(F)cc(NC(=O)N(C)C)c1. The molecule has 3 nitrogen and oxygen atoms in total. The Hall–Kier alpha value is -1.58. The molecular formula is C10H13FN2O. The highest BCUT2D eigenvalue weighted by atomic mass is 19.1. The molecule has 1 rings (SSSR count). The molecule has 1 N–H and O–H groups in total. The molecule has 0 unspecified atom stereocenters. The van der Waals surface area contributed by atoms with E-state index in [-0.39, 0.29) is 11.8 Å². The first-order valence-electron chi connectivity index (χ1n) is 4.24. The lowest BCUT2D eigenvalue weighted by molar-refractivity contribution is 0.230. The van der Waals surface area contributed by atoms with Crippen LogP contribution in [0.25, 0.3) is 0 Å². The van der Waals surface area contributed by atoms with Gasteiger partial charge >= 0.3 is 6.03 Å². The summed E-state index contributed by atoms with van der Waals surface area (Å²) in [5.41, 5.74) is 1.25. The number of nitrogens with zero attached hydrogens (tertiary/aromatic N) is 1. The van der Waals surface area contributed by atoms with Crippen molar-refractivity contribution in [3.05, 3.63) is 29.6 Å². The Morgan fingerprint density at radius 3 is 2.50 bits per heavy atom. The Bertz CT molecular complexity index is 330. The lowest BCUT2D eigenvalue weighted by Crippen LogP contribution is -2.27. The zero-order valence-corrected chi connectivity index (χ0v) is 8.47. The molecular weight excluding hydrogens is 183 g/mol. The molecule has 0 bridgehead atoms. The fourth-order valence-corrected chi connectivity index (χ4v) is 1.04. The lowest BCUT2D eigenvalue weighted by Gasteiger charge is -2.12. The Morgan fingerprint density at radius 1 is 1.36 bits per heavy atom. The van der Waals surface area contributed by atoms with Crippen molar-refractivity contribution in [2.24, 2.45) is 0 Å². The van der Waals surface area contributed by atoms with E-state index >= 15 is 0 Å². The van der Waals surface area contributed by atoms with Gasteiger partial charge in [-0.1, -0.05) is 0 Å². The second kappa shape index (κ2) is 4.09. The number of hydrogen-bond acceptors (Lipinski definition) is 1. The molecule has 0 saturated carbocycles. The number of carbonyl (C=O) groups is 1. The van der Waals surface area contributed by atoms with Gasteiger partial charge in [-0.15, -0.1) is 0 Å². The summed E-state index contributed by atoms with van der Waals surface area (Å²) in [4.78, 5) is 12.6. The van der Waals surface area contributed by atoms with Gasteiger partial charge in [0.05, 0.1) is 0 Å². The number of amides is 2. The number of nitrogens with one attached hydrogen (secondary N) is 1. The molecule has 0 aliphatic rings. The van der Waals surface area contributed by atoms with Gasteiger partial charge in [-0.3, -0.25) is 0 Å². The van der Waals surface area contributed by atoms with Crippen LogP contribution in [0.1, 0.15) is 5.56 Å². The third-order valence-corrected chi connectivity index (χ3v) is 1.70. The maximum Gasteiger partial charge on any atom is 0.321 e. The van der Waals surface area contributed by atoms with E-state index < -0.39 is 0 Å². The molecule has 0 heterocycles. The molecule has 0 aliphatic heterocycles. The lowest BCUT2D eigenvalue weighted by atomic mass is 10.2. The molecule has 2 amide bonds. The zero-order valence-electron chi connectivity index (χ0n) is 8.47. The van der Waals surface area contributed by atoms with Crippen LogP contribution < -0.4 is 5.32 Å². The molecule has 0 atom stereocenters. The van der Waals surface area contributed by atoms with Crippen molar-refractivity contribution in [1.82, 2.24) is 4.90 Å². The van der Waals surface area contributed by atoms with Crippen molar-refractivity contribution < 1.29 is 9.18 Å². The first-order valence-corrected chi connectivity index (χ1v) is 4.24. The molecule has 0 saturated heterocycles. The van der Waals surface area contributed by atoms with Gasteiger partial charge in [-0.25, -0.2) is 9.18 Å². The first-order chi connectivity index (χ1) is 6.49. The maximum atomic E-state index is 12.9. The molecule has 76 valence electrons. The number of hydrogen-bond donors (Lipinski definition) is 1. The van der Waals surface area contributed by atoms with E-state index in [1.807, 2.05) is 0 Å². The van der Waals surface area contributed by atoms with Gasteiger partial charge in [0.25, 0.3) is 0 Å². The number of benzene rings is 1. The molecule has 14 heavy (non-hydrogen) atoms. The van der Waals surface area contributed by atoms with Crippen LogP contribution in [0.2, 0.25) is 0 Å². The van der Waals surface area contributed by atoms with Gasteiger partial charge in [0.1, 0.15) is 5.82 Å². The van der Waals surface area contributed by atoms with Crippen molar-refractivity contribution in [3.63, 3.8) is 0 Å². The quantitative estimate of drug-likeness (QED) is 0.733. The number of halogens is 1. The van der Waals surface area contributed by atoms with Crippen molar-refractivity contribution in [1.29, 1.82) is 0 Å². The van der Waals surface area contributed by atoms with Crippen molar-refractivity contribution in [3.8, 4) is 0 Å². The molecule has 0 aliphatic carbocycles. The van der Waals surface area contributed by atoms with Crippen LogP contribution in [0, 0.1) is 12.7 Å². The highest BCUT2D eigenvalue weighted by Crippen LogP contribution is 2.13. The average Bonchev–Trinajstić information content (AvgIpc) is 2.01. The van der Waals surface area contributed by atoms with E-state index in [0.29, 0.717) is 5.69 Å². The van der Waals surface area contributed by atoms with Gasteiger partial charge in [0.2, 0.25) is 0 Å². The predicted octanol–water partition coefficient (Wildman–Crippen LogP) is 2.23. The van der Waals surface area contributed by atoms with Crippen LogP contribution in [0.5, 0.6) is 0 Å². The zero-order chi connectivity index (χ0) is 10.7. The summed E-state index contributed by atoms with van der Waals surface area (Å²) in [6, 6.07) is 4.14. The summed E-state index contributed by atoms with van der Waals surface area (Å²) in [6.45, 7) is 1.77. The topological polar surface area (TPSA) is 32.3 Å². The number of anilines is 1. The smallest absolute Gasteiger partial charge is 0.321 e. The molecule has 0 fully saturated rings. The van der Waals surface area contributed by atoms with Gasteiger partial charge < -0.3 is 10.2 Å². The van der Waals surface area contributed by atoms with E-state index in [1.165, 1.54) is 17.0 Å².